The first kappa shape index (κ1) is 28.0. The zero-order chi connectivity index (χ0) is 27.4. The molecule has 1 fully saturated rings. The number of anilines is 2. The molecular weight excluding hydrogens is 518 g/mol. The molecule has 1 unspecified atom stereocenters. The molecule has 0 spiro atoms. The minimum atomic E-state index is -4.02. The summed E-state index contributed by atoms with van der Waals surface area (Å²) in [7, 11) is -4.02. The minimum absolute atomic E-state index is 0.117. The molecule has 1 aliphatic rings. The van der Waals surface area contributed by atoms with Crippen LogP contribution in [0.2, 0.25) is 5.02 Å². The number of hydrogen-bond donors (Lipinski definition) is 1. The maximum Gasteiger partial charge on any atom is 0.264 e. The highest BCUT2D eigenvalue weighted by molar-refractivity contribution is 7.92. The van der Waals surface area contributed by atoms with Gasteiger partial charge in [0.1, 0.15) is 6.54 Å². The Labute approximate surface area is 231 Å². The van der Waals surface area contributed by atoms with E-state index < -0.39 is 15.9 Å². The summed E-state index contributed by atoms with van der Waals surface area (Å²) in [5, 5.41) is 3.37. The van der Waals surface area contributed by atoms with E-state index in [-0.39, 0.29) is 17.5 Å². The largest absolute Gasteiger partial charge is 0.372 e. The van der Waals surface area contributed by atoms with Crippen molar-refractivity contribution in [3.8, 4) is 0 Å². The average Bonchev–Trinajstić information content (AvgIpc) is 2.89. The summed E-state index contributed by atoms with van der Waals surface area (Å²) in [5.74, 6) is 0.368. The summed E-state index contributed by atoms with van der Waals surface area (Å²) in [6.45, 7) is 9.64. The number of piperidine rings is 1. The lowest BCUT2D eigenvalue weighted by molar-refractivity contribution is -0.120. The van der Waals surface area contributed by atoms with E-state index in [2.05, 4.69) is 29.3 Å². The van der Waals surface area contributed by atoms with E-state index in [1.54, 1.807) is 49.4 Å². The number of benzene rings is 3. The average molecular weight is 554 g/mol. The fourth-order valence-corrected chi connectivity index (χ4v) is 6.37. The molecule has 1 aliphatic heterocycles. The molecule has 202 valence electrons. The third-order valence-corrected chi connectivity index (χ3v) is 9.26. The summed E-state index contributed by atoms with van der Waals surface area (Å²) in [6, 6.07) is 19.6. The van der Waals surface area contributed by atoms with Crippen LogP contribution in [0.4, 0.5) is 11.4 Å². The van der Waals surface area contributed by atoms with Gasteiger partial charge in [-0.1, -0.05) is 54.4 Å². The number of sulfonamides is 1. The topological polar surface area (TPSA) is 69.7 Å². The maximum atomic E-state index is 13.7. The first-order valence-corrected chi connectivity index (χ1v) is 14.9. The number of nitrogens with one attached hydrogen (secondary N) is 1. The molecule has 1 atom stereocenters. The highest BCUT2D eigenvalue weighted by Gasteiger charge is 2.29. The summed E-state index contributed by atoms with van der Waals surface area (Å²) in [5.41, 5.74) is 4.17. The Hall–Kier alpha value is -3.03. The number of carbonyl (C=O) groups excluding carboxylic acids is 1. The third-order valence-electron chi connectivity index (χ3n) is 7.26. The zero-order valence-electron chi connectivity index (χ0n) is 22.4. The van der Waals surface area contributed by atoms with Gasteiger partial charge in [0.25, 0.3) is 10.0 Å². The van der Waals surface area contributed by atoms with Crippen LogP contribution in [0, 0.1) is 19.8 Å². The molecule has 38 heavy (non-hydrogen) atoms. The standard InChI is InChI=1S/C30H36ClN3O3S/c1-21-5-13-28(14-6-21)38(36,37)34(29-19-26(31)10-7-23(29)3)20-30(35)32-24(4)25-8-11-27(12-9-25)33-17-15-22(2)16-18-33/h5-14,19,22,24H,15-18,20H2,1-4H3,(H,32,35). The number of amides is 1. The van der Waals surface area contributed by atoms with Gasteiger partial charge in [-0.25, -0.2) is 8.42 Å². The van der Waals surface area contributed by atoms with Gasteiger partial charge in [-0.15, -0.1) is 0 Å². The van der Waals surface area contributed by atoms with Crippen molar-refractivity contribution in [1.82, 2.24) is 5.32 Å². The van der Waals surface area contributed by atoms with Crippen molar-refractivity contribution in [3.05, 3.63) is 88.4 Å². The van der Waals surface area contributed by atoms with Crippen LogP contribution >= 0.6 is 11.6 Å². The molecule has 3 aromatic carbocycles. The molecular formula is C30H36ClN3O3S. The van der Waals surface area contributed by atoms with Crippen LogP contribution in [0.25, 0.3) is 0 Å². The SMILES string of the molecule is Cc1ccc(S(=O)(=O)N(CC(=O)NC(C)c2ccc(N3CCC(C)CC3)cc2)c2cc(Cl)ccc2C)cc1. The van der Waals surface area contributed by atoms with Gasteiger partial charge in [-0.2, -0.15) is 0 Å². The summed E-state index contributed by atoms with van der Waals surface area (Å²) < 4.78 is 28.6. The molecule has 0 radical (unpaired) electrons. The molecule has 8 heteroatoms. The molecule has 0 aromatic heterocycles. The van der Waals surface area contributed by atoms with Crippen molar-refractivity contribution in [2.75, 3.05) is 28.8 Å². The quantitative estimate of drug-likeness (QED) is 0.357. The molecule has 6 nitrogen and oxygen atoms in total. The van der Waals surface area contributed by atoms with Crippen LogP contribution < -0.4 is 14.5 Å². The number of hydrogen-bond acceptors (Lipinski definition) is 4. The molecule has 3 aromatic rings. The molecule has 0 saturated carbocycles. The van der Waals surface area contributed by atoms with Crippen molar-refractivity contribution < 1.29 is 13.2 Å². The molecule has 0 bridgehead atoms. The zero-order valence-corrected chi connectivity index (χ0v) is 24.0. The van der Waals surface area contributed by atoms with Gasteiger partial charge in [0.2, 0.25) is 5.91 Å². The van der Waals surface area contributed by atoms with Crippen molar-refractivity contribution in [1.29, 1.82) is 0 Å². The predicted molar refractivity (Wildman–Crippen MR) is 156 cm³/mol. The van der Waals surface area contributed by atoms with E-state index in [0.717, 1.165) is 34.4 Å². The smallest absolute Gasteiger partial charge is 0.264 e. The second-order valence-corrected chi connectivity index (χ2v) is 12.6. The maximum absolute atomic E-state index is 13.7. The van der Waals surface area contributed by atoms with Gasteiger partial charge < -0.3 is 10.2 Å². The second-order valence-electron chi connectivity index (χ2n) is 10.3. The Morgan fingerprint density at radius 3 is 2.29 bits per heavy atom. The van der Waals surface area contributed by atoms with Gasteiger partial charge in [-0.3, -0.25) is 9.10 Å². The van der Waals surface area contributed by atoms with E-state index in [9.17, 15) is 13.2 Å². The molecule has 4 rings (SSSR count). The Morgan fingerprint density at radius 1 is 1.03 bits per heavy atom. The van der Waals surface area contributed by atoms with E-state index >= 15 is 0 Å². The third kappa shape index (κ3) is 6.51. The highest BCUT2D eigenvalue weighted by Crippen LogP contribution is 2.30. The van der Waals surface area contributed by atoms with Crippen LogP contribution in [-0.4, -0.2) is 34.0 Å². The van der Waals surface area contributed by atoms with Crippen molar-refractivity contribution in [2.45, 2.75) is 51.5 Å². The van der Waals surface area contributed by atoms with Gasteiger partial charge in [0.05, 0.1) is 16.6 Å². The number of rotatable bonds is 8. The van der Waals surface area contributed by atoms with Gasteiger partial charge in [0, 0.05) is 23.8 Å². The molecule has 1 saturated heterocycles. The van der Waals surface area contributed by atoms with E-state index in [1.807, 2.05) is 26.0 Å². The van der Waals surface area contributed by atoms with Gasteiger partial charge in [0.15, 0.2) is 0 Å². The molecule has 1 heterocycles. The summed E-state index contributed by atoms with van der Waals surface area (Å²) in [4.78, 5) is 15.7. The van der Waals surface area contributed by atoms with Crippen LogP contribution in [0.5, 0.6) is 0 Å². The fourth-order valence-electron chi connectivity index (χ4n) is 4.73. The Morgan fingerprint density at radius 2 is 1.66 bits per heavy atom. The summed E-state index contributed by atoms with van der Waals surface area (Å²) in [6.07, 6.45) is 2.39. The van der Waals surface area contributed by atoms with Crippen molar-refractivity contribution in [3.63, 3.8) is 0 Å². The number of aryl methyl sites for hydroxylation is 2. The van der Waals surface area contributed by atoms with E-state index in [1.165, 1.54) is 18.5 Å². The lowest BCUT2D eigenvalue weighted by Gasteiger charge is -2.32. The van der Waals surface area contributed by atoms with Crippen LogP contribution in [0.1, 0.15) is 49.4 Å². The van der Waals surface area contributed by atoms with Gasteiger partial charge in [-0.05, 0) is 87.1 Å². The molecule has 1 amide bonds. The number of nitrogens with zero attached hydrogens (tertiary/aromatic N) is 2. The Kier molecular flexibility index (Phi) is 8.68. The summed E-state index contributed by atoms with van der Waals surface area (Å²) >= 11 is 6.23. The van der Waals surface area contributed by atoms with E-state index in [0.29, 0.717) is 16.3 Å². The van der Waals surface area contributed by atoms with Crippen LogP contribution in [0.15, 0.2) is 71.6 Å². The molecule has 1 N–H and O–H groups in total. The number of halogens is 1. The minimum Gasteiger partial charge on any atom is -0.372 e. The van der Waals surface area contributed by atoms with E-state index in [4.69, 9.17) is 11.6 Å². The lowest BCUT2D eigenvalue weighted by Crippen LogP contribution is -2.42. The highest BCUT2D eigenvalue weighted by atomic mass is 35.5. The fraction of sp³-hybridized carbons (Fsp3) is 0.367. The monoisotopic (exact) mass is 553 g/mol. The molecule has 0 aliphatic carbocycles. The van der Waals surface area contributed by atoms with Crippen LogP contribution in [-0.2, 0) is 14.8 Å². The Balaban J connectivity index is 1.52. The first-order chi connectivity index (χ1) is 18.0. The second kappa shape index (κ2) is 11.8. The van der Waals surface area contributed by atoms with Gasteiger partial charge >= 0.3 is 0 Å². The van der Waals surface area contributed by atoms with Crippen molar-refractivity contribution in [2.24, 2.45) is 5.92 Å². The Bertz CT molecular complexity index is 1370. The van der Waals surface area contributed by atoms with Crippen LogP contribution in [0.3, 0.4) is 0 Å². The van der Waals surface area contributed by atoms with Crippen molar-refractivity contribution >= 4 is 38.9 Å². The first-order valence-electron chi connectivity index (χ1n) is 13.0. The normalized spacial score (nSPS) is 15.2. The lowest BCUT2D eigenvalue weighted by atomic mass is 9.98. The predicted octanol–water partition coefficient (Wildman–Crippen LogP) is 6.27. The number of carbonyl (C=O) groups is 1.